The highest BCUT2D eigenvalue weighted by Gasteiger charge is 2.19. The number of amides is 1. The van der Waals surface area contributed by atoms with Gasteiger partial charge in [0.05, 0.1) is 13.5 Å². The van der Waals surface area contributed by atoms with Crippen LogP contribution < -0.4 is 4.74 Å². The van der Waals surface area contributed by atoms with Gasteiger partial charge in [0.1, 0.15) is 5.75 Å². The van der Waals surface area contributed by atoms with Gasteiger partial charge in [-0.2, -0.15) is 0 Å². The molecule has 0 bridgehead atoms. The van der Waals surface area contributed by atoms with Crippen LogP contribution in [0.25, 0.3) is 11.1 Å². The van der Waals surface area contributed by atoms with Gasteiger partial charge in [-0.15, -0.1) is 0 Å². The van der Waals surface area contributed by atoms with Gasteiger partial charge in [-0.3, -0.25) is 9.59 Å². The Morgan fingerprint density at radius 2 is 2.00 bits per heavy atom. The lowest BCUT2D eigenvalue weighted by molar-refractivity contribution is -0.136. The first-order chi connectivity index (χ1) is 15.5. The molecule has 6 heteroatoms. The Bertz CT molecular complexity index is 928. The molecule has 1 fully saturated rings. The number of hydrogen-bond acceptors (Lipinski definition) is 4. The fourth-order valence-corrected chi connectivity index (χ4v) is 4.43. The van der Waals surface area contributed by atoms with Crippen molar-refractivity contribution in [2.75, 3.05) is 39.8 Å². The minimum absolute atomic E-state index is 0.00144. The number of likely N-dealkylation sites (N-methyl/N-ethyl adjacent to an activating group) is 1. The van der Waals surface area contributed by atoms with Crippen molar-refractivity contribution in [1.82, 2.24) is 9.80 Å². The van der Waals surface area contributed by atoms with Gasteiger partial charge in [-0.05, 0) is 55.1 Å². The summed E-state index contributed by atoms with van der Waals surface area (Å²) in [6.07, 6.45) is 3.54. The summed E-state index contributed by atoms with van der Waals surface area (Å²) in [4.78, 5) is 27.4. The van der Waals surface area contributed by atoms with Crippen LogP contribution in [0.1, 0.15) is 37.3 Å². The molecule has 0 unspecified atom stereocenters. The van der Waals surface area contributed by atoms with Crippen LogP contribution in [-0.4, -0.2) is 66.6 Å². The van der Waals surface area contributed by atoms with Crippen molar-refractivity contribution in [2.24, 2.45) is 0 Å². The molecule has 0 aliphatic carbocycles. The third kappa shape index (κ3) is 6.33. The Labute approximate surface area is 190 Å². The third-order valence-corrected chi connectivity index (χ3v) is 6.12. The molecule has 2 aromatic rings. The molecule has 2 aromatic carbocycles. The summed E-state index contributed by atoms with van der Waals surface area (Å²) in [7, 11) is 1.67. The summed E-state index contributed by atoms with van der Waals surface area (Å²) in [5, 5.41) is 9.16. The van der Waals surface area contributed by atoms with Gasteiger partial charge in [-0.1, -0.05) is 43.3 Å². The van der Waals surface area contributed by atoms with Gasteiger partial charge in [0.2, 0.25) is 5.91 Å². The van der Waals surface area contributed by atoms with E-state index in [0.29, 0.717) is 12.3 Å². The third-order valence-electron chi connectivity index (χ3n) is 6.12. The zero-order chi connectivity index (χ0) is 22.9. The number of benzene rings is 2. The number of nitrogens with zero attached hydrogens (tertiary/aromatic N) is 2. The molecule has 3 rings (SSSR count). The van der Waals surface area contributed by atoms with E-state index in [1.165, 1.54) is 5.56 Å². The zero-order valence-electron chi connectivity index (χ0n) is 19.2. The summed E-state index contributed by atoms with van der Waals surface area (Å²) >= 11 is 0. The van der Waals surface area contributed by atoms with E-state index in [2.05, 4.69) is 17.9 Å². The molecule has 6 nitrogen and oxygen atoms in total. The Balaban J connectivity index is 1.69. The largest absolute Gasteiger partial charge is 0.496 e. The summed E-state index contributed by atoms with van der Waals surface area (Å²) in [5.74, 6) is 0.251. The molecule has 0 radical (unpaired) electrons. The highest BCUT2D eigenvalue weighted by atomic mass is 16.5. The fourth-order valence-electron chi connectivity index (χ4n) is 4.43. The number of hydrogen-bond donors (Lipinski definition) is 1. The topological polar surface area (TPSA) is 70.1 Å². The van der Waals surface area contributed by atoms with Gasteiger partial charge < -0.3 is 19.6 Å². The monoisotopic (exact) mass is 438 g/mol. The quantitative estimate of drug-likeness (QED) is 0.545. The molecule has 1 amide bonds. The zero-order valence-corrected chi connectivity index (χ0v) is 19.2. The second-order valence-corrected chi connectivity index (χ2v) is 8.29. The van der Waals surface area contributed by atoms with Crippen LogP contribution >= 0.6 is 0 Å². The van der Waals surface area contributed by atoms with Crippen molar-refractivity contribution in [3.05, 3.63) is 53.6 Å². The average Bonchev–Trinajstić information content (AvgIpc) is 3.20. The van der Waals surface area contributed by atoms with Crippen molar-refractivity contribution < 1.29 is 19.4 Å². The summed E-state index contributed by atoms with van der Waals surface area (Å²) in [6.45, 7) is 6.76. The first kappa shape index (κ1) is 23.8. The standard InChI is InChI=1S/C26H34N2O4/c1-3-27(14-7-16-28-15-6-12-24(28)29)17-13-21-9-5-11-23(32-2)26(21)22-10-4-8-20(18-22)19-25(30)31/h4-5,8-11,18H,3,6-7,12-17,19H2,1-2H3,(H,30,31). The van der Waals surface area contributed by atoms with E-state index in [-0.39, 0.29) is 6.42 Å². The Kier molecular flexibility index (Phi) is 8.68. The van der Waals surface area contributed by atoms with Crippen LogP contribution in [0.5, 0.6) is 5.75 Å². The van der Waals surface area contributed by atoms with Crippen LogP contribution in [0, 0.1) is 0 Å². The molecule has 0 aromatic heterocycles. The Hall–Kier alpha value is -2.86. The van der Waals surface area contributed by atoms with Gasteiger partial charge in [-0.25, -0.2) is 0 Å². The maximum atomic E-state index is 11.8. The number of carboxylic acids is 1. The number of aliphatic carboxylic acids is 1. The molecular formula is C26H34N2O4. The van der Waals surface area contributed by atoms with Crippen LogP contribution in [0.3, 0.4) is 0 Å². The minimum Gasteiger partial charge on any atom is -0.496 e. The SMILES string of the molecule is CCN(CCCN1CCCC1=O)CCc1cccc(OC)c1-c1cccc(CC(=O)O)c1. The van der Waals surface area contributed by atoms with E-state index in [1.54, 1.807) is 7.11 Å². The molecule has 1 heterocycles. The average molecular weight is 439 g/mol. The molecule has 1 N–H and O–H groups in total. The summed E-state index contributed by atoms with van der Waals surface area (Å²) in [6, 6.07) is 13.8. The van der Waals surface area contributed by atoms with Crippen molar-refractivity contribution in [3.63, 3.8) is 0 Å². The minimum atomic E-state index is -0.836. The lowest BCUT2D eigenvalue weighted by atomic mass is 9.94. The van der Waals surface area contributed by atoms with E-state index in [1.807, 2.05) is 41.3 Å². The molecule has 0 spiro atoms. The number of rotatable bonds is 12. The van der Waals surface area contributed by atoms with Gasteiger partial charge in [0.25, 0.3) is 0 Å². The number of carbonyl (C=O) groups is 2. The molecule has 172 valence electrons. The van der Waals surface area contributed by atoms with E-state index >= 15 is 0 Å². The molecule has 1 aliphatic heterocycles. The van der Waals surface area contributed by atoms with Gasteiger partial charge >= 0.3 is 5.97 Å². The van der Waals surface area contributed by atoms with Crippen LogP contribution in [0.4, 0.5) is 0 Å². The van der Waals surface area contributed by atoms with E-state index in [0.717, 1.165) is 74.4 Å². The lowest BCUT2D eigenvalue weighted by Gasteiger charge is -2.23. The fraction of sp³-hybridized carbons (Fsp3) is 0.462. The molecule has 0 atom stereocenters. The molecular weight excluding hydrogens is 404 g/mol. The first-order valence-electron chi connectivity index (χ1n) is 11.5. The second-order valence-electron chi connectivity index (χ2n) is 8.29. The summed E-state index contributed by atoms with van der Waals surface area (Å²) in [5.41, 5.74) is 3.97. The number of ether oxygens (including phenoxy) is 1. The van der Waals surface area contributed by atoms with Crippen molar-refractivity contribution in [3.8, 4) is 16.9 Å². The number of likely N-dealkylation sites (tertiary alicyclic amines) is 1. The highest BCUT2D eigenvalue weighted by Crippen LogP contribution is 2.34. The van der Waals surface area contributed by atoms with Crippen LogP contribution in [0.2, 0.25) is 0 Å². The predicted molar refractivity (Wildman–Crippen MR) is 126 cm³/mol. The predicted octanol–water partition coefficient (Wildman–Crippen LogP) is 3.87. The normalized spacial score (nSPS) is 13.7. The summed E-state index contributed by atoms with van der Waals surface area (Å²) < 4.78 is 5.66. The number of carbonyl (C=O) groups excluding carboxylic acids is 1. The van der Waals surface area contributed by atoms with Crippen molar-refractivity contribution >= 4 is 11.9 Å². The van der Waals surface area contributed by atoms with Crippen molar-refractivity contribution in [2.45, 2.75) is 39.0 Å². The maximum Gasteiger partial charge on any atom is 0.307 e. The Morgan fingerprint density at radius 3 is 2.69 bits per heavy atom. The van der Waals surface area contributed by atoms with E-state index in [4.69, 9.17) is 9.84 Å². The number of methoxy groups -OCH3 is 1. The molecule has 1 saturated heterocycles. The van der Waals surface area contributed by atoms with Crippen LogP contribution in [-0.2, 0) is 22.4 Å². The van der Waals surface area contributed by atoms with Crippen LogP contribution in [0.15, 0.2) is 42.5 Å². The second kappa shape index (κ2) is 11.7. The van der Waals surface area contributed by atoms with E-state index < -0.39 is 5.97 Å². The maximum absolute atomic E-state index is 11.8. The smallest absolute Gasteiger partial charge is 0.307 e. The van der Waals surface area contributed by atoms with Crippen molar-refractivity contribution in [1.29, 1.82) is 0 Å². The number of carboxylic acid groups (broad SMARTS) is 1. The molecule has 0 saturated carbocycles. The van der Waals surface area contributed by atoms with Gasteiger partial charge in [0, 0.05) is 31.6 Å². The molecule has 32 heavy (non-hydrogen) atoms. The Morgan fingerprint density at radius 1 is 1.19 bits per heavy atom. The lowest BCUT2D eigenvalue weighted by Crippen LogP contribution is -2.31. The highest BCUT2D eigenvalue weighted by molar-refractivity contribution is 5.78. The first-order valence-corrected chi connectivity index (χ1v) is 11.5. The van der Waals surface area contributed by atoms with E-state index in [9.17, 15) is 9.59 Å². The van der Waals surface area contributed by atoms with Gasteiger partial charge in [0.15, 0.2) is 0 Å². The molecule has 1 aliphatic rings.